The number of halogens is 1. The summed E-state index contributed by atoms with van der Waals surface area (Å²) >= 11 is 0. The molecule has 2 rings (SSSR count). The summed E-state index contributed by atoms with van der Waals surface area (Å²) in [4.78, 5) is 2.17. The molecule has 1 aromatic rings. The van der Waals surface area contributed by atoms with Crippen molar-refractivity contribution in [2.75, 3.05) is 26.8 Å². The fourth-order valence-electron chi connectivity index (χ4n) is 2.22. The van der Waals surface area contributed by atoms with Crippen LogP contribution in [0.2, 0.25) is 0 Å². The first-order valence-corrected chi connectivity index (χ1v) is 6.52. The number of hydrogen-bond acceptors (Lipinski definition) is 4. The van der Waals surface area contributed by atoms with Gasteiger partial charge in [-0.2, -0.15) is 0 Å². The molecule has 2 N–H and O–H groups in total. The van der Waals surface area contributed by atoms with Gasteiger partial charge in [0.1, 0.15) is 11.6 Å². The van der Waals surface area contributed by atoms with Crippen molar-refractivity contribution >= 4 is 0 Å². The second kappa shape index (κ2) is 6.32. The van der Waals surface area contributed by atoms with Crippen molar-refractivity contribution < 1.29 is 13.9 Å². The number of methoxy groups -OCH3 is 1. The number of nitrogens with two attached hydrogens (primary N) is 1. The van der Waals surface area contributed by atoms with Crippen LogP contribution in [0.4, 0.5) is 4.39 Å². The average Bonchev–Trinajstić information content (AvgIpc) is 2.41. The Morgan fingerprint density at radius 1 is 1.58 bits per heavy atom. The molecule has 1 aromatic carbocycles. The van der Waals surface area contributed by atoms with Gasteiger partial charge in [0, 0.05) is 37.3 Å². The molecule has 4 nitrogen and oxygen atoms in total. The molecule has 19 heavy (non-hydrogen) atoms. The maximum absolute atomic E-state index is 13.9. The predicted molar refractivity (Wildman–Crippen MR) is 71.6 cm³/mol. The topological polar surface area (TPSA) is 47.7 Å². The third-order valence-corrected chi connectivity index (χ3v) is 3.42. The van der Waals surface area contributed by atoms with E-state index >= 15 is 0 Å². The number of rotatable bonds is 4. The van der Waals surface area contributed by atoms with Gasteiger partial charge in [0.15, 0.2) is 0 Å². The molecule has 0 spiro atoms. The van der Waals surface area contributed by atoms with Crippen LogP contribution in [-0.2, 0) is 11.3 Å². The minimum atomic E-state index is -0.233. The van der Waals surface area contributed by atoms with Crippen LogP contribution in [0.1, 0.15) is 12.5 Å². The van der Waals surface area contributed by atoms with Gasteiger partial charge >= 0.3 is 0 Å². The van der Waals surface area contributed by atoms with Gasteiger partial charge in [0.2, 0.25) is 0 Å². The lowest BCUT2D eigenvalue weighted by Crippen LogP contribution is -2.49. The Labute approximate surface area is 113 Å². The summed E-state index contributed by atoms with van der Waals surface area (Å²) in [5.41, 5.74) is 6.52. The number of nitrogens with zero attached hydrogens (tertiary/aromatic N) is 1. The average molecular weight is 268 g/mol. The largest absolute Gasteiger partial charge is 0.497 e. The molecule has 0 radical (unpaired) electrons. The van der Waals surface area contributed by atoms with Gasteiger partial charge in [-0.1, -0.05) is 6.07 Å². The van der Waals surface area contributed by atoms with Gasteiger partial charge < -0.3 is 15.2 Å². The Balaban J connectivity index is 2.00. The molecule has 2 atom stereocenters. The second-order valence-corrected chi connectivity index (χ2v) is 4.96. The van der Waals surface area contributed by atoms with Crippen LogP contribution in [0.3, 0.4) is 0 Å². The van der Waals surface area contributed by atoms with Crippen molar-refractivity contribution in [1.29, 1.82) is 0 Å². The van der Waals surface area contributed by atoms with E-state index in [1.54, 1.807) is 12.1 Å². The maximum Gasteiger partial charge on any atom is 0.131 e. The normalized spacial score (nSPS) is 22.2. The molecule has 0 bridgehead atoms. The lowest BCUT2D eigenvalue weighted by atomic mass is 10.1. The van der Waals surface area contributed by atoms with Crippen LogP contribution in [-0.4, -0.2) is 43.9 Å². The highest BCUT2D eigenvalue weighted by molar-refractivity contribution is 5.28. The number of morpholine rings is 1. The highest BCUT2D eigenvalue weighted by atomic mass is 19.1. The maximum atomic E-state index is 13.9. The minimum absolute atomic E-state index is 0.0106. The number of ether oxygens (including phenoxy) is 2. The van der Waals surface area contributed by atoms with E-state index < -0.39 is 0 Å². The van der Waals surface area contributed by atoms with Crippen molar-refractivity contribution in [3.05, 3.63) is 29.6 Å². The third-order valence-electron chi connectivity index (χ3n) is 3.42. The fraction of sp³-hybridized carbons (Fsp3) is 0.571. The number of hydrogen-bond donors (Lipinski definition) is 1. The molecule has 2 unspecified atom stereocenters. The summed E-state index contributed by atoms with van der Waals surface area (Å²) in [6.07, 6.45) is 0.0232. The molecular formula is C14H21FN2O2. The minimum Gasteiger partial charge on any atom is -0.497 e. The van der Waals surface area contributed by atoms with E-state index in [0.29, 0.717) is 24.5 Å². The van der Waals surface area contributed by atoms with Gasteiger partial charge in [-0.05, 0) is 13.0 Å². The first kappa shape index (κ1) is 14.2. The summed E-state index contributed by atoms with van der Waals surface area (Å²) in [6.45, 7) is 4.69. The van der Waals surface area contributed by atoms with E-state index in [4.69, 9.17) is 15.2 Å². The molecule has 1 saturated heterocycles. The highest BCUT2D eigenvalue weighted by Crippen LogP contribution is 2.19. The van der Waals surface area contributed by atoms with Crippen LogP contribution >= 0.6 is 0 Å². The molecular weight excluding hydrogens is 247 g/mol. The van der Waals surface area contributed by atoms with Crippen molar-refractivity contribution in [1.82, 2.24) is 4.90 Å². The highest BCUT2D eigenvalue weighted by Gasteiger charge is 2.23. The molecule has 1 fully saturated rings. The van der Waals surface area contributed by atoms with E-state index in [9.17, 15) is 4.39 Å². The Bertz CT molecular complexity index is 426. The summed E-state index contributed by atoms with van der Waals surface area (Å²) < 4.78 is 24.5. The van der Waals surface area contributed by atoms with Crippen molar-refractivity contribution in [3.63, 3.8) is 0 Å². The SMILES string of the molecule is COc1ccc(CN2CCOC(C(C)N)C2)c(F)c1. The lowest BCUT2D eigenvalue weighted by molar-refractivity contribution is -0.0406. The monoisotopic (exact) mass is 268 g/mol. The Morgan fingerprint density at radius 2 is 2.37 bits per heavy atom. The first-order chi connectivity index (χ1) is 9.10. The van der Waals surface area contributed by atoms with Crippen molar-refractivity contribution in [2.45, 2.75) is 25.6 Å². The summed E-state index contributed by atoms with van der Waals surface area (Å²) in [7, 11) is 1.53. The summed E-state index contributed by atoms with van der Waals surface area (Å²) in [5, 5.41) is 0. The van der Waals surface area contributed by atoms with Crippen LogP contribution < -0.4 is 10.5 Å². The zero-order chi connectivity index (χ0) is 13.8. The predicted octanol–water partition coefficient (Wildman–Crippen LogP) is 1.38. The lowest BCUT2D eigenvalue weighted by Gasteiger charge is -2.34. The van der Waals surface area contributed by atoms with E-state index in [-0.39, 0.29) is 18.0 Å². The quantitative estimate of drug-likeness (QED) is 0.896. The summed E-state index contributed by atoms with van der Waals surface area (Å²) in [5.74, 6) is 0.305. The van der Waals surface area contributed by atoms with Gasteiger partial charge in [-0.25, -0.2) is 4.39 Å². The zero-order valence-corrected chi connectivity index (χ0v) is 11.4. The van der Waals surface area contributed by atoms with Gasteiger partial charge in [-0.15, -0.1) is 0 Å². The fourth-order valence-corrected chi connectivity index (χ4v) is 2.22. The molecule has 106 valence electrons. The van der Waals surface area contributed by atoms with E-state index in [1.807, 2.05) is 6.92 Å². The van der Waals surface area contributed by atoms with Crippen LogP contribution in [0.5, 0.6) is 5.75 Å². The molecule has 0 amide bonds. The standard InChI is InChI=1S/C14H21FN2O2/c1-10(16)14-9-17(5-6-19-14)8-11-3-4-12(18-2)7-13(11)15/h3-4,7,10,14H,5-6,8-9,16H2,1-2H3. The van der Waals surface area contributed by atoms with Crippen LogP contribution in [0.25, 0.3) is 0 Å². The Kier molecular flexibility index (Phi) is 4.74. The molecule has 1 aliphatic heterocycles. The Hall–Kier alpha value is -1.17. The van der Waals surface area contributed by atoms with E-state index in [1.165, 1.54) is 13.2 Å². The summed E-state index contributed by atoms with van der Waals surface area (Å²) in [6, 6.07) is 4.95. The molecule has 0 aliphatic carbocycles. The zero-order valence-electron chi connectivity index (χ0n) is 11.4. The molecule has 5 heteroatoms. The van der Waals surface area contributed by atoms with Gasteiger partial charge in [0.25, 0.3) is 0 Å². The van der Waals surface area contributed by atoms with E-state index in [2.05, 4.69) is 4.90 Å². The molecule has 1 heterocycles. The van der Waals surface area contributed by atoms with E-state index in [0.717, 1.165) is 13.1 Å². The smallest absolute Gasteiger partial charge is 0.131 e. The second-order valence-electron chi connectivity index (χ2n) is 4.96. The first-order valence-electron chi connectivity index (χ1n) is 6.52. The van der Waals surface area contributed by atoms with Gasteiger partial charge in [-0.3, -0.25) is 4.90 Å². The van der Waals surface area contributed by atoms with Crippen molar-refractivity contribution in [3.8, 4) is 5.75 Å². The van der Waals surface area contributed by atoms with Gasteiger partial charge in [0.05, 0.1) is 19.8 Å². The number of benzene rings is 1. The molecule has 0 aromatic heterocycles. The Morgan fingerprint density at radius 3 is 3.00 bits per heavy atom. The third kappa shape index (κ3) is 3.65. The molecule has 1 aliphatic rings. The van der Waals surface area contributed by atoms with Crippen LogP contribution in [0, 0.1) is 5.82 Å². The van der Waals surface area contributed by atoms with Crippen LogP contribution in [0.15, 0.2) is 18.2 Å². The molecule has 0 saturated carbocycles. The van der Waals surface area contributed by atoms with Crippen molar-refractivity contribution in [2.24, 2.45) is 5.73 Å².